The van der Waals surface area contributed by atoms with Gasteiger partial charge in [0.2, 0.25) is 0 Å². The number of anilines is 1. The van der Waals surface area contributed by atoms with E-state index in [2.05, 4.69) is 54.4 Å². The van der Waals surface area contributed by atoms with Crippen molar-refractivity contribution in [2.75, 3.05) is 31.7 Å². The quantitative estimate of drug-likeness (QED) is 0.717. The van der Waals surface area contributed by atoms with Gasteiger partial charge in [0.25, 0.3) is 0 Å². The number of benzene rings is 3. The van der Waals surface area contributed by atoms with Crippen LogP contribution in [0.4, 0.5) is 5.69 Å². The zero-order chi connectivity index (χ0) is 19.1. The number of hydrogen-bond acceptors (Lipinski definition) is 4. The highest BCUT2D eigenvalue weighted by Crippen LogP contribution is 2.48. The van der Waals surface area contributed by atoms with Crippen LogP contribution in [0.1, 0.15) is 28.5 Å². The maximum absolute atomic E-state index is 10.2. The molecule has 3 aromatic rings. The third-order valence-electron chi connectivity index (χ3n) is 5.81. The highest BCUT2D eigenvalue weighted by atomic mass is 16.5. The highest BCUT2D eigenvalue weighted by molar-refractivity contribution is 5.63. The molecule has 28 heavy (non-hydrogen) atoms. The van der Waals surface area contributed by atoms with E-state index in [4.69, 9.17) is 9.47 Å². The lowest BCUT2D eigenvalue weighted by Gasteiger charge is -2.36. The molecule has 4 heteroatoms. The molecule has 0 amide bonds. The Bertz CT molecular complexity index is 1000. The fourth-order valence-corrected chi connectivity index (χ4v) is 4.36. The Morgan fingerprint density at radius 2 is 1.71 bits per heavy atom. The van der Waals surface area contributed by atoms with Crippen LogP contribution in [0.2, 0.25) is 0 Å². The molecule has 1 N–H and O–H groups in total. The van der Waals surface area contributed by atoms with Crippen molar-refractivity contribution in [3.8, 4) is 17.2 Å². The summed E-state index contributed by atoms with van der Waals surface area (Å²) in [6.45, 7) is 2.20. The first-order valence-corrected chi connectivity index (χ1v) is 9.69. The van der Waals surface area contributed by atoms with Gasteiger partial charge in [-0.1, -0.05) is 36.4 Å². The Labute approximate surface area is 165 Å². The van der Waals surface area contributed by atoms with E-state index in [0.717, 1.165) is 29.3 Å². The van der Waals surface area contributed by atoms with Crippen molar-refractivity contribution >= 4 is 5.69 Å². The first-order chi connectivity index (χ1) is 13.7. The maximum Gasteiger partial charge on any atom is 0.142 e. The van der Waals surface area contributed by atoms with Crippen molar-refractivity contribution in [3.05, 3.63) is 83.4 Å². The van der Waals surface area contributed by atoms with Crippen molar-refractivity contribution in [2.45, 2.75) is 11.8 Å². The van der Waals surface area contributed by atoms with Crippen LogP contribution in [0.5, 0.6) is 17.2 Å². The lowest BCUT2D eigenvalue weighted by atomic mass is 9.75. The number of rotatable bonds is 2. The highest BCUT2D eigenvalue weighted by Gasteiger charge is 2.34. The number of aromatic hydroxyl groups is 1. The van der Waals surface area contributed by atoms with E-state index in [9.17, 15) is 5.11 Å². The molecular formula is C24H23NO3. The second-order valence-corrected chi connectivity index (χ2v) is 7.53. The smallest absolute Gasteiger partial charge is 0.142 e. The number of nitrogens with zero attached hydrogens (tertiary/aromatic N) is 1. The van der Waals surface area contributed by atoms with Gasteiger partial charge in [0.05, 0.1) is 18.8 Å². The summed E-state index contributed by atoms with van der Waals surface area (Å²) in [5.74, 6) is 2.30. The third-order valence-corrected chi connectivity index (χ3v) is 5.81. The summed E-state index contributed by atoms with van der Waals surface area (Å²) in [7, 11) is 2.10. The van der Waals surface area contributed by atoms with Crippen LogP contribution < -0.4 is 14.4 Å². The van der Waals surface area contributed by atoms with E-state index < -0.39 is 0 Å². The molecule has 0 aromatic heterocycles. The maximum atomic E-state index is 10.2. The monoisotopic (exact) mass is 373 g/mol. The Balaban J connectivity index is 1.67. The van der Waals surface area contributed by atoms with Crippen molar-refractivity contribution in [1.82, 2.24) is 0 Å². The summed E-state index contributed by atoms with van der Waals surface area (Å²) in [5.41, 5.74) is 4.59. The van der Waals surface area contributed by atoms with Gasteiger partial charge in [0.15, 0.2) is 0 Å². The van der Waals surface area contributed by atoms with Gasteiger partial charge in [-0.3, -0.25) is 0 Å². The second kappa shape index (κ2) is 6.79. The van der Waals surface area contributed by atoms with Crippen LogP contribution in [0.15, 0.2) is 66.7 Å². The minimum absolute atomic E-state index is 0.0962. The van der Waals surface area contributed by atoms with Crippen LogP contribution in [0.25, 0.3) is 0 Å². The number of hydrogen-bond donors (Lipinski definition) is 1. The van der Waals surface area contributed by atoms with Crippen molar-refractivity contribution in [1.29, 1.82) is 0 Å². The molecule has 0 aliphatic carbocycles. The van der Waals surface area contributed by atoms with E-state index in [1.807, 2.05) is 18.2 Å². The third kappa shape index (κ3) is 2.85. The summed E-state index contributed by atoms with van der Waals surface area (Å²) in [4.78, 5) is 2.24. The Hall–Kier alpha value is -3.14. The Kier molecular flexibility index (Phi) is 4.12. The zero-order valence-corrected chi connectivity index (χ0v) is 15.8. The molecule has 0 saturated carbocycles. The number of phenolic OH excluding ortho intramolecular Hbond substituents is 1. The molecule has 0 saturated heterocycles. The molecule has 2 atom stereocenters. The van der Waals surface area contributed by atoms with E-state index >= 15 is 0 Å². The molecule has 0 radical (unpaired) electrons. The van der Waals surface area contributed by atoms with E-state index in [0.29, 0.717) is 13.2 Å². The van der Waals surface area contributed by atoms with E-state index in [1.165, 1.54) is 11.1 Å². The van der Waals surface area contributed by atoms with Crippen molar-refractivity contribution in [2.24, 2.45) is 0 Å². The molecule has 2 heterocycles. The number of fused-ring (bicyclic) bond motifs is 2. The normalized spacial score (nSPS) is 20.5. The molecule has 2 aliphatic heterocycles. The van der Waals surface area contributed by atoms with Gasteiger partial charge in [-0.2, -0.15) is 0 Å². The molecule has 2 aliphatic rings. The lowest BCUT2D eigenvalue weighted by molar-refractivity contribution is 0.248. The Morgan fingerprint density at radius 1 is 0.893 bits per heavy atom. The zero-order valence-electron chi connectivity index (χ0n) is 15.8. The van der Waals surface area contributed by atoms with Gasteiger partial charge in [-0.15, -0.1) is 0 Å². The van der Waals surface area contributed by atoms with Crippen molar-refractivity contribution < 1.29 is 14.6 Å². The standard InChI is InChI=1S/C24H23NO3/c1-25-11-12-27-23-9-7-17(13-21(23)25)24-19-14-18(26)8-10-22(19)28-15-20(24)16-5-3-2-4-6-16/h2-10,13-14,20,24,26H,11-12,15H2,1H3. The number of ether oxygens (including phenoxy) is 2. The SMILES string of the molecule is CN1CCOc2ccc(C3c4cc(O)ccc4OCC3c3ccccc3)cc21. The molecule has 2 unspecified atom stereocenters. The van der Waals surface area contributed by atoms with E-state index in [-0.39, 0.29) is 17.6 Å². The van der Waals surface area contributed by atoms with Gasteiger partial charge in [-0.25, -0.2) is 0 Å². The average molecular weight is 373 g/mol. The van der Waals surface area contributed by atoms with Gasteiger partial charge in [-0.05, 0) is 41.5 Å². The predicted octanol–water partition coefficient (Wildman–Crippen LogP) is 4.53. The summed E-state index contributed by atoms with van der Waals surface area (Å²) in [6, 6.07) is 22.3. The summed E-state index contributed by atoms with van der Waals surface area (Å²) in [5, 5.41) is 10.2. The van der Waals surface area contributed by atoms with Crippen LogP contribution >= 0.6 is 0 Å². The summed E-state index contributed by atoms with van der Waals surface area (Å²) < 4.78 is 11.9. The first kappa shape index (κ1) is 17.0. The van der Waals surface area contributed by atoms with Gasteiger partial charge >= 0.3 is 0 Å². The average Bonchev–Trinajstić information content (AvgIpc) is 2.73. The predicted molar refractivity (Wildman–Crippen MR) is 110 cm³/mol. The molecular weight excluding hydrogens is 350 g/mol. The molecule has 0 fully saturated rings. The topological polar surface area (TPSA) is 41.9 Å². The van der Waals surface area contributed by atoms with Crippen LogP contribution in [-0.2, 0) is 0 Å². The fourth-order valence-electron chi connectivity index (χ4n) is 4.36. The fraction of sp³-hybridized carbons (Fsp3) is 0.250. The largest absolute Gasteiger partial charge is 0.508 e. The van der Waals surface area contributed by atoms with Gasteiger partial charge in [0, 0.05) is 24.4 Å². The van der Waals surface area contributed by atoms with Gasteiger partial charge < -0.3 is 19.5 Å². The molecule has 3 aromatic carbocycles. The minimum atomic E-state index is 0.0962. The number of phenols is 1. The summed E-state index contributed by atoms with van der Waals surface area (Å²) in [6.07, 6.45) is 0. The van der Waals surface area contributed by atoms with Gasteiger partial charge in [0.1, 0.15) is 23.9 Å². The van der Waals surface area contributed by atoms with Crippen LogP contribution in [-0.4, -0.2) is 31.9 Å². The molecule has 5 rings (SSSR count). The van der Waals surface area contributed by atoms with Crippen LogP contribution in [0.3, 0.4) is 0 Å². The molecule has 4 nitrogen and oxygen atoms in total. The lowest BCUT2D eigenvalue weighted by Crippen LogP contribution is -2.29. The minimum Gasteiger partial charge on any atom is -0.508 e. The second-order valence-electron chi connectivity index (χ2n) is 7.53. The molecule has 0 spiro atoms. The molecule has 142 valence electrons. The van der Waals surface area contributed by atoms with E-state index in [1.54, 1.807) is 6.07 Å². The van der Waals surface area contributed by atoms with Crippen LogP contribution in [0, 0.1) is 0 Å². The molecule has 0 bridgehead atoms. The Morgan fingerprint density at radius 3 is 2.57 bits per heavy atom. The number of likely N-dealkylation sites (N-methyl/N-ethyl adjacent to an activating group) is 1. The van der Waals surface area contributed by atoms with Crippen molar-refractivity contribution in [3.63, 3.8) is 0 Å². The summed E-state index contributed by atoms with van der Waals surface area (Å²) >= 11 is 0. The first-order valence-electron chi connectivity index (χ1n) is 9.69.